The van der Waals surface area contributed by atoms with Gasteiger partial charge in [-0.2, -0.15) is 0 Å². The number of aliphatic carboxylic acids is 1. The summed E-state index contributed by atoms with van der Waals surface area (Å²) >= 11 is 5.77. The van der Waals surface area contributed by atoms with Crippen LogP contribution in [0, 0.1) is 5.92 Å². The van der Waals surface area contributed by atoms with Gasteiger partial charge in [-0.25, -0.2) is 0 Å². The number of amides is 1. The van der Waals surface area contributed by atoms with Crippen molar-refractivity contribution in [2.75, 3.05) is 11.9 Å². The molecule has 1 aromatic carbocycles. The van der Waals surface area contributed by atoms with Crippen molar-refractivity contribution in [3.63, 3.8) is 0 Å². The first kappa shape index (κ1) is 14.8. The molecule has 5 nitrogen and oxygen atoms in total. The normalized spacial score (nSPS) is 19.6. The highest BCUT2D eigenvalue weighted by Crippen LogP contribution is 2.25. The fourth-order valence-electron chi connectivity index (χ4n) is 2.27. The summed E-state index contributed by atoms with van der Waals surface area (Å²) in [6.45, 7) is 0.578. The number of benzene rings is 1. The lowest BCUT2D eigenvalue weighted by Crippen LogP contribution is -2.34. The Balaban J connectivity index is 2.05. The number of carboxylic acids is 1. The Kier molecular flexibility index (Phi) is 4.98. The zero-order valence-corrected chi connectivity index (χ0v) is 11.6. The van der Waals surface area contributed by atoms with E-state index in [1.165, 1.54) is 0 Å². The molecule has 1 heterocycles. The molecule has 0 bridgehead atoms. The van der Waals surface area contributed by atoms with Crippen LogP contribution in [0.3, 0.4) is 0 Å². The summed E-state index contributed by atoms with van der Waals surface area (Å²) in [5.41, 5.74) is 0.591. The van der Waals surface area contributed by atoms with Crippen LogP contribution in [-0.4, -0.2) is 29.7 Å². The summed E-state index contributed by atoms with van der Waals surface area (Å²) in [6.07, 6.45) is 1.02. The van der Waals surface area contributed by atoms with Crippen molar-refractivity contribution in [1.82, 2.24) is 0 Å². The molecule has 0 saturated carbocycles. The third-order valence-electron chi connectivity index (χ3n) is 3.26. The van der Waals surface area contributed by atoms with Crippen molar-refractivity contribution in [3.05, 3.63) is 29.3 Å². The van der Waals surface area contributed by atoms with E-state index in [0.717, 1.165) is 6.42 Å². The summed E-state index contributed by atoms with van der Waals surface area (Å²) in [4.78, 5) is 23.1. The quantitative estimate of drug-likeness (QED) is 0.876. The molecule has 0 spiro atoms. The smallest absolute Gasteiger partial charge is 0.304 e. The summed E-state index contributed by atoms with van der Waals surface area (Å²) in [6, 6.07) is 6.67. The van der Waals surface area contributed by atoms with Crippen LogP contribution < -0.4 is 5.32 Å². The summed E-state index contributed by atoms with van der Waals surface area (Å²) in [5.74, 6) is -2.01. The molecular weight excluding hydrogens is 282 g/mol. The number of ether oxygens (including phenoxy) is 1. The van der Waals surface area contributed by atoms with Gasteiger partial charge in [-0.3, -0.25) is 9.59 Å². The zero-order valence-electron chi connectivity index (χ0n) is 10.8. The Morgan fingerprint density at radius 2 is 2.10 bits per heavy atom. The van der Waals surface area contributed by atoms with E-state index in [1.807, 2.05) is 0 Å². The van der Waals surface area contributed by atoms with Crippen LogP contribution in [0.15, 0.2) is 24.3 Å². The first-order chi connectivity index (χ1) is 9.56. The number of carbonyl (C=O) groups excluding carboxylic acids is 1. The predicted molar refractivity (Wildman–Crippen MR) is 74.8 cm³/mol. The second-order valence-electron chi connectivity index (χ2n) is 4.75. The molecule has 1 aliphatic heterocycles. The summed E-state index contributed by atoms with van der Waals surface area (Å²) < 4.78 is 5.45. The van der Waals surface area contributed by atoms with Gasteiger partial charge < -0.3 is 15.2 Å². The standard InChI is InChI=1S/C14H16ClNO4/c15-9-3-5-10(6-4-9)16-14(19)11(8-13(17)18)12-2-1-7-20-12/h3-6,11-12H,1-2,7-8H2,(H,16,19)(H,17,18)/t11-,12-/m0/s1. The van der Waals surface area contributed by atoms with E-state index in [2.05, 4.69) is 5.32 Å². The minimum Gasteiger partial charge on any atom is -0.481 e. The lowest BCUT2D eigenvalue weighted by molar-refractivity contribution is -0.142. The highest BCUT2D eigenvalue weighted by Gasteiger charge is 2.33. The van der Waals surface area contributed by atoms with E-state index >= 15 is 0 Å². The monoisotopic (exact) mass is 297 g/mol. The number of halogens is 1. The van der Waals surface area contributed by atoms with Gasteiger partial charge in [-0.15, -0.1) is 0 Å². The lowest BCUT2D eigenvalue weighted by Gasteiger charge is -2.20. The SMILES string of the molecule is O=C(O)C[C@H](C(=O)Nc1ccc(Cl)cc1)[C@@H]1CCCO1. The van der Waals surface area contributed by atoms with Crippen LogP contribution in [0.5, 0.6) is 0 Å². The summed E-state index contributed by atoms with van der Waals surface area (Å²) in [7, 11) is 0. The van der Waals surface area contributed by atoms with E-state index in [4.69, 9.17) is 21.4 Å². The molecule has 20 heavy (non-hydrogen) atoms. The molecule has 1 fully saturated rings. The molecule has 108 valence electrons. The molecule has 1 aliphatic rings. The third-order valence-corrected chi connectivity index (χ3v) is 3.51. The Hall–Kier alpha value is -1.59. The Bertz CT molecular complexity index is 482. The maximum atomic E-state index is 12.2. The second kappa shape index (κ2) is 6.72. The van der Waals surface area contributed by atoms with Crippen LogP contribution in [-0.2, 0) is 14.3 Å². The molecule has 0 aromatic heterocycles. The fraction of sp³-hybridized carbons (Fsp3) is 0.429. The van der Waals surface area contributed by atoms with E-state index in [1.54, 1.807) is 24.3 Å². The number of carboxylic acid groups (broad SMARTS) is 1. The molecule has 2 rings (SSSR count). The van der Waals surface area contributed by atoms with Gasteiger partial charge in [0.2, 0.25) is 5.91 Å². The van der Waals surface area contributed by atoms with Crippen LogP contribution in [0.4, 0.5) is 5.69 Å². The fourth-order valence-corrected chi connectivity index (χ4v) is 2.40. The lowest BCUT2D eigenvalue weighted by atomic mass is 9.95. The van der Waals surface area contributed by atoms with Crippen molar-refractivity contribution >= 4 is 29.2 Å². The Morgan fingerprint density at radius 3 is 2.65 bits per heavy atom. The maximum Gasteiger partial charge on any atom is 0.304 e. The molecule has 0 aliphatic carbocycles. The molecule has 2 atom stereocenters. The minimum atomic E-state index is -1.00. The largest absolute Gasteiger partial charge is 0.481 e. The van der Waals surface area contributed by atoms with Crippen molar-refractivity contribution in [3.8, 4) is 0 Å². The number of hydrogen-bond donors (Lipinski definition) is 2. The van der Waals surface area contributed by atoms with Crippen molar-refractivity contribution in [2.24, 2.45) is 5.92 Å². The highest BCUT2D eigenvalue weighted by atomic mass is 35.5. The average Bonchev–Trinajstić information content (AvgIpc) is 2.92. The first-order valence-corrected chi connectivity index (χ1v) is 6.84. The molecule has 2 N–H and O–H groups in total. The van der Waals surface area contributed by atoms with Gasteiger partial charge in [-0.1, -0.05) is 11.6 Å². The van der Waals surface area contributed by atoms with Gasteiger partial charge in [0.05, 0.1) is 18.4 Å². The highest BCUT2D eigenvalue weighted by molar-refractivity contribution is 6.30. The molecule has 1 saturated heterocycles. The van der Waals surface area contributed by atoms with Gasteiger partial charge in [0.15, 0.2) is 0 Å². The minimum absolute atomic E-state index is 0.232. The van der Waals surface area contributed by atoms with Crippen LogP contribution in [0.25, 0.3) is 0 Å². The van der Waals surface area contributed by atoms with Crippen molar-refractivity contribution in [2.45, 2.75) is 25.4 Å². The molecule has 1 aromatic rings. The molecule has 1 amide bonds. The van der Waals surface area contributed by atoms with Crippen molar-refractivity contribution in [1.29, 1.82) is 0 Å². The molecule has 0 radical (unpaired) electrons. The van der Waals surface area contributed by atoms with E-state index in [9.17, 15) is 9.59 Å². The number of nitrogens with one attached hydrogen (secondary N) is 1. The third kappa shape index (κ3) is 3.95. The van der Waals surface area contributed by atoms with Gasteiger partial charge in [0, 0.05) is 17.3 Å². The zero-order chi connectivity index (χ0) is 14.5. The second-order valence-corrected chi connectivity index (χ2v) is 5.19. The van der Waals surface area contributed by atoms with E-state index < -0.39 is 11.9 Å². The van der Waals surface area contributed by atoms with Gasteiger partial charge in [-0.05, 0) is 37.1 Å². The van der Waals surface area contributed by atoms with Gasteiger partial charge in [0.1, 0.15) is 0 Å². The molecule has 6 heteroatoms. The summed E-state index contributed by atoms with van der Waals surface area (Å²) in [5, 5.41) is 12.2. The van der Waals surface area contributed by atoms with Crippen LogP contribution >= 0.6 is 11.6 Å². The molecular formula is C14H16ClNO4. The average molecular weight is 298 g/mol. The van der Waals surface area contributed by atoms with E-state index in [-0.39, 0.29) is 18.4 Å². The van der Waals surface area contributed by atoms with Crippen LogP contribution in [0.2, 0.25) is 5.02 Å². The van der Waals surface area contributed by atoms with Crippen molar-refractivity contribution < 1.29 is 19.4 Å². The predicted octanol–water partition coefficient (Wildman–Crippen LogP) is 2.55. The molecule has 0 unspecified atom stereocenters. The number of carbonyl (C=O) groups is 2. The Morgan fingerprint density at radius 1 is 1.40 bits per heavy atom. The maximum absolute atomic E-state index is 12.2. The number of hydrogen-bond acceptors (Lipinski definition) is 3. The Labute approximate surface area is 121 Å². The first-order valence-electron chi connectivity index (χ1n) is 6.46. The number of anilines is 1. The number of rotatable bonds is 5. The van der Waals surface area contributed by atoms with Gasteiger partial charge in [0.25, 0.3) is 0 Å². The van der Waals surface area contributed by atoms with Gasteiger partial charge >= 0.3 is 5.97 Å². The van der Waals surface area contributed by atoms with Crippen LogP contribution in [0.1, 0.15) is 19.3 Å². The van der Waals surface area contributed by atoms with E-state index in [0.29, 0.717) is 23.7 Å². The topological polar surface area (TPSA) is 75.6 Å².